The molecule has 0 saturated carbocycles. The van der Waals surface area contributed by atoms with Crippen molar-refractivity contribution in [3.63, 3.8) is 0 Å². The van der Waals surface area contributed by atoms with Crippen LogP contribution in [0, 0.1) is 22.7 Å². The molecule has 0 aliphatic heterocycles. The maximum atomic E-state index is 10.4. The minimum Gasteiger partial charge on any atom is -0.192 e. The van der Waals surface area contributed by atoms with Gasteiger partial charge < -0.3 is 0 Å². The van der Waals surface area contributed by atoms with Gasteiger partial charge in [0.2, 0.25) is 0 Å². The number of allylic oxidation sites excluding steroid dienone is 2. The molecule has 0 bridgehead atoms. The van der Waals surface area contributed by atoms with Gasteiger partial charge in [0.25, 0.3) is 0 Å². The zero-order valence-electron chi connectivity index (χ0n) is 32.5. The molecule has 2 heteroatoms. The Morgan fingerprint density at radius 2 is 0.964 bits per heavy atom. The highest BCUT2D eigenvalue weighted by molar-refractivity contribution is 5.93. The highest BCUT2D eigenvalue weighted by Gasteiger charge is 2.42. The second kappa shape index (κ2) is 18.9. The van der Waals surface area contributed by atoms with Gasteiger partial charge in [0.15, 0.2) is 0 Å². The first-order valence-corrected chi connectivity index (χ1v) is 20.1. The Kier molecular flexibility index (Phi) is 13.3. The molecule has 55 heavy (non-hydrogen) atoms. The van der Waals surface area contributed by atoms with E-state index in [-0.39, 0.29) is 5.41 Å². The molecule has 0 radical (unpaired) electrons. The van der Waals surface area contributed by atoms with Crippen molar-refractivity contribution in [3.8, 4) is 23.3 Å². The van der Waals surface area contributed by atoms with Gasteiger partial charge in [-0.3, -0.25) is 0 Å². The van der Waals surface area contributed by atoms with E-state index in [0.717, 1.165) is 51.8 Å². The molecule has 0 aromatic heterocycles. The largest absolute Gasteiger partial charge is 0.192 e. The quantitative estimate of drug-likeness (QED) is 0.0546. The van der Waals surface area contributed by atoms with Gasteiger partial charge in [0.1, 0.15) is 0 Å². The van der Waals surface area contributed by atoms with Crippen LogP contribution in [0.5, 0.6) is 0 Å². The zero-order valence-corrected chi connectivity index (χ0v) is 32.5. The molecule has 5 aromatic carbocycles. The molecule has 0 fully saturated rings. The lowest BCUT2D eigenvalue weighted by Crippen LogP contribution is -2.25. The molecule has 0 amide bonds. The molecule has 1 aliphatic rings. The maximum absolute atomic E-state index is 10.4. The lowest BCUT2D eigenvalue weighted by molar-refractivity contribution is 0.401. The summed E-state index contributed by atoms with van der Waals surface area (Å²) in [6, 6.07) is 45.1. The van der Waals surface area contributed by atoms with Gasteiger partial charge in [-0.25, -0.2) is 0 Å². The van der Waals surface area contributed by atoms with Gasteiger partial charge in [0, 0.05) is 5.41 Å². The standard InChI is InChI=1S/C53H52N2/c1-4-7-9-14-32-53(33-15-10-8-5-2)51-36-43(34-47(38-54)45-16-12-11-13-17-45)26-30-49(51)50-31-27-44(37-52(50)53)35-48(39-55)46-28-24-42(25-29-46)23-22-41-20-18-40(6-3)19-21-41/h6,11-13,16-31,34-37H,3-5,7-10,14-15,32-33H2,1-2H3/b23-22+,47-34+,48-35+. The Labute approximate surface area is 329 Å². The Morgan fingerprint density at radius 3 is 1.42 bits per heavy atom. The molecule has 1 aliphatic carbocycles. The van der Waals surface area contributed by atoms with Gasteiger partial charge in [-0.1, -0.05) is 205 Å². The molecule has 0 unspecified atom stereocenters. The van der Waals surface area contributed by atoms with Crippen LogP contribution in [0.1, 0.15) is 128 Å². The average molecular weight is 717 g/mol. The lowest BCUT2D eigenvalue weighted by atomic mass is 9.70. The average Bonchev–Trinajstić information content (AvgIpc) is 3.50. The summed E-state index contributed by atoms with van der Waals surface area (Å²) in [6.45, 7) is 8.39. The van der Waals surface area contributed by atoms with E-state index in [2.05, 4.69) is 124 Å². The monoisotopic (exact) mass is 716 g/mol. The summed E-state index contributed by atoms with van der Waals surface area (Å²) in [4.78, 5) is 0. The van der Waals surface area contributed by atoms with E-state index >= 15 is 0 Å². The number of rotatable bonds is 17. The number of nitrogens with zero attached hydrogens (tertiary/aromatic N) is 2. The third-order valence-corrected chi connectivity index (χ3v) is 11.1. The van der Waals surface area contributed by atoms with E-state index < -0.39 is 0 Å². The molecule has 0 heterocycles. The summed E-state index contributed by atoms with van der Waals surface area (Å²) >= 11 is 0. The topological polar surface area (TPSA) is 47.6 Å². The Bertz CT molecular complexity index is 2240. The van der Waals surface area contributed by atoms with Crippen LogP contribution in [0.4, 0.5) is 0 Å². The first kappa shape index (κ1) is 38.8. The van der Waals surface area contributed by atoms with E-state index in [4.69, 9.17) is 0 Å². The van der Waals surface area contributed by atoms with Gasteiger partial charge in [-0.15, -0.1) is 0 Å². The van der Waals surface area contributed by atoms with E-state index in [9.17, 15) is 10.5 Å². The molecule has 6 rings (SSSR count). The first-order chi connectivity index (χ1) is 27.0. The summed E-state index contributed by atoms with van der Waals surface area (Å²) < 4.78 is 0. The van der Waals surface area contributed by atoms with Crippen molar-refractivity contribution in [3.05, 3.63) is 172 Å². The molecule has 274 valence electrons. The van der Waals surface area contributed by atoms with E-state index in [1.165, 1.54) is 73.6 Å². The highest BCUT2D eigenvalue weighted by Crippen LogP contribution is 2.55. The fourth-order valence-electron chi connectivity index (χ4n) is 8.10. The smallest absolute Gasteiger partial charge is 0.0998 e. The minimum atomic E-state index is -0.133. The van der Waals surface area contributed by atoms with Crippen molar-refractivity contribution in [2.45, 2.75) is 83.5 Å². The molecule has 2 nitrogen and oxygen atoms in total. The molecule has 0 spiro atoms. The van der Waals surface area contributed by atoms with E-state index in [1.807, 2.05) is 54.6 Å². The van der Waals surface area contributed by atoms with Crippen LogP contribution in [0.3, 0.4) is 0 Å². The third kappa shape index (κ3) is 9.23. The number of unbranched alkanes of at least 4 members (excludes halogenated alkanes) is 6. The minimum absolute atomic E-state index is 0.133. The van der Waals surface area contributed by atoms with Crippen molar-refractivity contribution in [1.29, 1.82) is 10.5 Å². The fourth-order valence-corrected chi connectivity index (χ4v) is 8.10. The Morgan fingerprint density at radius 1 is 0.527 bits per heavy atom. The first-order valence-electron chi connectivity index (χ1n) is 20.1. The Hall–Kier alpha value is -5.96. The normalized spacial score (nSPS) is 13.2. The van der Waals surface area contributed by atoms with Crippen molar-refractivity contribution in [2.24, 2.45) is 0 Å². The SMILES string of the molecule is C=Cc1ccc(/C=C/c2ccc(/C(C#N)=C/c3ccc4c(c3)C(CCCCCC)(CCCCCC)c3cc(/C=C(\C#N)c5ccccc5)ccc3-4)cc2)cc1. The van der Waals surface area contributed by atoms with Crippen molar-refractivity contribution in [2.75, 3.05) is 0 Å². The predicted molar refractivity (Wildman–Crippen MR) is 235 cm³/mol. The van der Waals surface area contributed by atoms with Crippen LogP contribution in [0.15, 0.2) is 122 Å². The molecule has 0 saturated heterocycles. The predicted octanol–water partition coefficient (Wildman–Crippen LogP) is 14.8. The van der Waals surface area contributed by atoms with Gasteiger partial charge >= 0.3 is 0 Å². The summed E-state index contributed by atoms with van der Waals surface area (Å²) in [5.74, 6) is 0. The summed E-state index contributed by atoms with van der Waals surface area (Å²) in [6.07, 6.45) is 22.0. The van der Waals surface area contributed by atoms with Crippen LogP contribution in [0.25, 0.3) is 52.7 Å². The number of fused-ring (bicyclic) bond motifs is 3. The molecular weight excluding hydrogens is 665 g/mol. The van der Waals surface area contributed by atoms with Crippen molar-refractivity contribution in [1.82, 2.24) is 0 Å². The second-order valence-corrected chi connectivity index (χ2v) is 14.8. The number of benzene rings is 5. The van der Waals surface area contributed by atoms with Crippen molar-refractivity contribution >= 4 is 41.5 Å². The molecule has 5 aromatic rings. The van der Waals surface area contributed by atoms with Crippen LogP contribution in [-0.2, 0) is 5.41 Å². The van der Waals surface area contributed by atoms with Crippen LogP contribution in [0.2, 0.25) is 0 Å². The maximum Gasteiger partial charge on any atom is 0.0998 e. The van der Waals surface area contributed by atoms with Crippen LogP contribution in [-0.4, -0.2) is 0 Å². The summed E-state index contributed by atoms with van der Waals surface area (Å²) in [5.41, 5.74) is 13.8. The van der Waals surface area contributed by atoms with Crippen molar-refractivity contribution < 1.29 is 0 Å². The Balaban J connectivity index is 1.37. The highest BCUT2D eigenvalue weighted by atomic mass is 14.5. The number of nitriles is 2. The lowest BCUT2D eigenvalue weighted by Gasteiger charge is -2.33. The number of hydrogen-bond acceptors (Lipinski definition) is 2. The molecular formula is C53H52N2. The van der Waals surface area contributed by atoms with Crippen LogP contribution < -0.4 is 0 Å². The fraction of sp³-hybridized carbons (Fsp3) is 0.245. The molecule has 0 atom stereocenters. The van der Waals surface area contributed by atoms with Gasteiger partial charge in [0.05, 0.1) is 23.3 Å². The van der Waals surface area contributed by atoms with E-state index in [1.54, 1.807) is 0 Å². The van der Waals surface area contributed by atoms with Crippen LogP contribution >= 0.6 is 0 Å². The number of hydrogen-bond donors (Lipinski definition) is 0. The summed E-state index contributed by atoms with van der Waals surface area (Å²) in [5, 5.41) is 20.6. The third-order valence-electron chi connectivity index (χ3n) is 11.1. The summed E-state index contributed by atoms with van der Waals surface area (Å²) in [7, 11) is 0. The van der Waals surface area contributed by atoms with E-state index in [0.29, 0.717) is 11.1 Å². The zero-order chi connectivity index (χ0) is 38.5. The van der Waals surface area contributed by atoms with Gasteiger partial charge in [-0.2, -0.15) is 10.5 Å². The van der Waals surface area contributed by atoms with Gasteiger partial charge in [-0.05, 0) is 86.2 Å². The molecule has 0 N–H and O–H groups in total. The second-order valence-electron chi connectivity index (χ2n) is 14.8.